The number of carbonyl (C=O) groups is 2. The number of ether oxygens (including phenoxy) is 3. The van der Waals surface area contributed by atoms with Gasteiger partial charge in [0.15, 0.2) is 18.1 Å². The predicted molar refractivity (Wildman–Crippen MR) is 158 cm³/mol. The first-order chi connectivity index (χ1) is 18.9. The summed E-state index contributed by atoms with van der Waals surface area (Å²) in [5.41, 5.74) is 5.29. The second-order valence-electron chi connectivity index (χ2n) is 8.28. The zero-order chi connectivity index (χ0) is 27.6. The van der Waals surface area contributed by atoms with Crippen LogP contribution in [0.4, 0.5) is 0 Å². The number of benzene rings is 3. The Hall–Kier alpha value is -3.15. The van der Waals surface area contributed by atoms with Gasteiger partial charge >= 0.3 is 5.97 Å². The molecule has 0 radical (unpaired) electrons. The Balaban J connectivity index is 1.31. The number of rotatable bonds is 12. The molecule has 0 atom stereocenters. The zero-order valence-electron chi connectivity index (χ0n) is 21.1. The third kappa shape index (κ3) is 8.42. The highest BCUT2D eigenvalue weighted by molar-refractivity contribution is 9.10. The number of hydrazone groups is 1. The molecule has 1 aliphatic heterocycles. The van der Waals surface area contributed by atoms with Crippen LogP contribution in [0.25, 0.3) is 0 Å². The highest BCUT2D eigenvalue weighted by Crippen LogP contribution is 2.45. The fraction of sp³-hybridized carbons (Fsp3) is 0.250. The smallest absolute Gasteiger partial charge is 0.335 e. The monoisotopic (exact) mass is 630 g/mol. The molecule has 3 aromatic carbocycles. The van der Waals surface area contributed by atoms with E-state index in [9.17, 15) is 14.7 Å². The van der Waals surface area contributed by atoms with Crippen LogP contribution in [0, 0.1) is 0 Å². The SMILES string of the molecule is CCOc1cc(/C=N\NC(=O)COc2ccc(C3SCCS3)cc2)cc(Br)c1OCc1cccc(C(=O)O)c1. The Kier molecular flexibility index (Phi) is 10.6. The van der Waals surface area contributed by atoms with Gasteiger partial charge in [-0.2, -0.15) is 5.10 Å². The Morgan fingerprint density at radius 3 is 2.56 bits per heavy atom. The summed E-state index contributed by atoms with van der Waals surface area (Å²) in [7, 11) is 0. The normalized spacial score (nSPS) is 13.4. The Morgan fingerprint density at radius 2 is 1.85 bits per heavy atom. The molecule has 1 amide bonds. The summed E-state index contributed by atoms with van der Waals surface area (Å²) in [4.78, 5) is 23.4. The van der Waals surface area contributed by atoms with Crippen molar-refractivity contribution >= 4 is 57.5 Å². The van der Waals surface area contributed by atoms with Gasteiger partial charge in [0.1, 0.15) is 12.4 Å². The lowest BCUT2D eigenvalue weighted by molar-refractivity contribution is -0.123. The summed E-state index contributed by atoms with van der Waals surface area (Å²) >= 11 is 7.39. The van der Waals surface area contributed by atoms with Crippen molar-refractivity contribution in [1.82, 2.24) is 5.43 Å². The quantitative estimate of drug-likeness (QED) is 0.182. The van der Waals surface area contributed by atoms with Gasteiger partial charge in [-0.25, -0.2) is 10.2 Å². The number of amides is 1. The summed E-state index contributed by atoms with van der Waals surface area (Å²) in [6, 6.07) is 17.9. The molecule has 8 nitrogen and oxygen atoms in total. The van der Waals surface area contributed by atoms with Crippen molar-refractivity contribution in [3.8, 4) is 17.2 Å². The second-order valence-corrected chi connectivity index (χ2v) is 11.9. The molecule has 0 aromatic heterocycles. The van der Waals surface area contributed by atoms with E-state index in [4.69, 9.17) is 14.2 Å². The molecule has 0 saturated carbocycles. The van der Waals surface area contributed by atoms with E-state index in [2.05, 4.69) is 26.5 Å². The van der Waals surface area contributed by atoms with E-state index in [1.807, 2.05) is 54.7 Å². The molecule has 0 bridgehead atoms. The minimum Gasteiger partial charge on any atom is -0.490 e. The number of aromatic carboxylic acids is 1. The molecule has 3 aromatic rings. The molecule has 1 heterocycles. The van der Waals surface area contributed by atoms with Crippen molar-refractivity contribution in [2.75, 3.05) is 24.7 Å². The van der Waals surface area contributed by atoms with Crippen molar-refractivity contribution in [2.45, 2.75) is 18.1 Å². The molecule has 0 aliphatic carbocycles. The summed E-state index contributed by atoms with van der Waals surface area (Å²) in [5.74, 6) is 2.54. The molecule has 1 fully saturated rings. The van der Waals surface area contributed by atoms with Crippen LogP contribution in [0.3, 0.4) is 0 Å². The van der Waals surface area contributed by atoms with Gasteiger partial charge in [0.2, 0.25) is 0 Å². The van der Waals surface area contributed by atoms with Crippen LogP contribution in [0.1, 0.15) is 38.6 Å². The van der Waals surface area contributed by atoms with E-state index in [1.165, 1.54) is 29.4 Å². The number of hydrogen-bond donors (Lipinski definition) is 2. The topological polar surface area (TPSA) is 106 Å². The van der Waals surface area contributed by atoms with Crippen LogP contribution in [0.5, 0.6) is 17.2 Å². The molecule has 11 heteroatoms. The minimum absolute atomic E-state index is 0.157. The average molecular weight is 632 g/mol. The molecule has 1 aliphatic rings. The molecule has 1 saturated heterocycles. The highest BCUT2D eigenvalue weighted by atomic mass is 79.9. The molecule has 204 valence electrons. The van der Waals surface area contributed by atoms with Gasteiger partial charge in [0.25, 0.3) is 5.91 Å². The average Bonchev–Trinajstić information content (AvgIpc) is 3.47. The molecule has 0 unspecified atom stereocenters. The highest BCUT2D eigenvalue weighted by Gasteiger charge is 2.18. The summed E-state index contributed by atoms with van der Waals surface area (Å²) in [6.45, 7) is 2.26. The fourth-order valence-corrected chi connectivity index (χ4v) is 7.08. The van der Waals surface area contributed by atoms with Gasteiger partial charge in [-0.15, -0.1) is 23.5 Å². The first kappa shape index (κ1) is 28.8. The summed E-state index contributed by atoms with van der Waals surface area (Å²) < 4.78 is 18.4. The number of hydrogen-bond acceptors (Lipinski definition) is 8. The van der Waals surface area contributed by atoms with Crippen molar-refractivity contribution in [2.24, 2.45) is 5.10 Å². The van der Waals surface area contributed by atoms with Gasteiger partial charge in [0, 0.05) is 11.5 Å². The molecular weight excluding hydrogens is 604 g/mol. The third-order valence-electron chi connectivity index (χ3n) is 5.44. The van der Waals surface area contributed by atoms with Gasteiger partial charge < -0.3 is 19.3 Å². The van der Waals surface area contributed by atoms with Gasteiger partial charge in [-0.05, 0) is 75.9 Å². The Labute approximate surface area is 243 Å². The maximum absolute atomic E-state index is 12.2. The standard InChI is InChI=1S/C28H27BrN2O6S2/c1-2-35-24-14-19(13-23(29)26(24)37-16-18-4-3-5-21(12-18)27(33)34)15-30-31-25(32)17-36-22-8-6-20(7-9-22)28-38-10-11-39-28/h3-9,12-15,28H,2,10-11,16-17H2,1H3,(H,31,32)(H,33,34)/b30-15-. The second kappa shape index (κ2) is 14.3. The van der Waals surface area contributed by atoms with E-state index >= 15 is 0 Å². The predicted octanol–water partition coefficient (Wildman–Crippen LogP) is 6.13. The van der Waals surface area contributed by atoms with E-state index in [0.29, 0.717) is 44.0 Å². The molecule has 0 spiro atoms. The van der Waals surface area contributed by atoms with Crippen molar-refractivity contribution < 1.29 is 28.9 Å². The minimum atomic E-state index is -0.998. The third-order valence-corrected chi connectivity index (χ3v) is 9.13. The number of nitrogens with one attached hydrogen (secondary N) is 1. The van der Waals surface area contributed by atoms with E-state index in [-0.39, 0.29) is 24.7 Å². The lowest BCUT2D eigenvalue weighted by atomic mass is 10.1. The molecular formula is C28H27BrN2O6S2. The molecule has 4 rings (SSSR count). The number of thioether (sulfide) groups is 2. The van der Waals surface area contributed by atoms with Gasteiger partial charge in [0.05, 0.1) is 27.4 Å². The number of carbonyl (C=O) groups excluding carboxylic acids is 1. The molecule has 39 heavy (non-hydrogen) atoms. The maximum Gasteiger partial charge on any atom is 0.335 e. The fourth-order valence-electron chi connectivity index (χ4n) is 3.65. The van der Waals surface area contributed by atoms with Crippen molar-refractivity contribution in [3.05, 3.63) is 87.4 Å². The Morgan fingerprint density at radius 1 is 1.08 bits per heavy atom. The largest absolute Gasteiger partial charge is 0.490 e. The number of nitrogens with zero attached hydrogens (tertiary/aromatic N) is 1. The van der Waals surface area contributed by atoms with Gasteiger partial charge in [-0.1, -0.05) is 24.3 Å². The summed E-state index contributed by atoms with van der Waals surface area (Å²) in [5, 5.41) is 13.2. The van der Waals surface area contributed by atoms with E-state index in [0.717, 1.165) is 0 Å². The first-order valence-corrected chi connectivity index (χ1v) is 15.0. The van der Waals surface area contributed by atoms with Crippen LogP contribution < -0.4 is 19.6 Å². The van der Waals surface area contributed by atoms with Crippen LogP contribution in [-0.2, 0) is 11.4 Å². The lowest BCUT2D eigenvalue weighted by Gasteiger charge is -2.15. The van der Waals surface area contributed by atoms with E-state index in [1.54, 1.807) is 30.3 Å². The lowest BCUT2D eigenvalue weighted by Crippen LogP contribution is -2.24. The van der Waals surface area contributed by atoms with Gasteiger partial charge in [-0.3, -0.25) is 4.79 Å². The van der Waals surface area contributed by atoms with Crippen molar-refractivity contribution in [3.63, 3.8) is 0 Å². The Bertz CT molecular complexity index is 1330. The maximum atomic E-state index is 12.2. The van der Waals surface area contributed by atoms with Crippen molar-refractivity contribution in [1.29, 1.82) is 0 Å². The molecule has 2 N–H and O–H groups in total. The van der Waals surface area contributed by atoms with E-state index < -0.39 is 5.97 Å². The summed E-state index contributed by atoms with van der Waals surface area (Å²) in [6.07, 6.45) is 1.50. The first-order valence-electron chi connectivity index (χ1n) is 12.1. The van der Waals surface area contributed by atoms with Crippen LogP contribution >= 0.6 is 39.5 Å². The van der Waals surface area contributed by atoms with Crippen LogP contribution in [0.2, 0.25) is 0 Å². The number of carboxylic acids is 1. The number of carboxylic acid groups (broad SMARTS) is 1. The number of halogens is 1. The van der Waals surface area contributed by atoms with Crippen LogP contribution in [-0.4, -0.2) is 47.9 Å². The van der Waals surface area contributed by atoms with Crippen LogP contribution in [0.15, 0.2) is 70.2 Å². The zero-order valence-corrected chi connectivity index (χ0v) is 24.3.